The van der Waals surface area contributed by atoms with Crippen LogP contribution in [-0.2, 0) is 0 Å². The van der Waals surface area contributed by atoms with Crippen molar-refractivity contribution in [1.82, 2.24) is 19.6 Å². The first kappa shape index (κ1) is 15.3. The van der Waals surface area contributed by atoms with E-state index in [4.69, 9.17) is 4.74 Å². The molecule has 2 heterocycles. The Kier molecular flexibility index (Phi) is 4.14. The van der Waals surface area contributed by atoms with Crippen LogP contribution in [0.15, 0.2) is 30.3 Å². The van der Waals surface area contributed by atoms with E-state index in [2.05, 4.69) is 33.8 Å². The van der Waals surface area contributed by atoms with Gasteiger partial charge in [0.15, 0.2) is 5.82 Å². The van der Waals surface area contributed by atoms with Crippen LogP contribution >= 0.6 is 0 Å². The van der Waals surface area contributed by atoms with E-state index in [0.29, 0.717) is 11.6 Å². The highest BCUT2D eigenvalue weighted by Gasteiger charge is 2.14. The highest BCUT2D eigenvalue weighted by molar-refractivity contribution is 5.59. The molecule has 0 aliphatic carbocycles. The summed E-state index contributed by atoms with van der Waals surface area (Å²) in [6, 6.07) is 9.78. The second kappa shape index (κ2) is 6.24. The molecule has 120 valence electrons. The van der Waals surface area contributed by atoms with Gasteiger partial charge in [0.2, 0.25) is 0 Å². The van der Waals surface area contributed by atoms with Gasteiger partial charge in [0.25, 0.3) is 5.78 Å². The number of rotatable bonds is 5. The molecule has 0 radical (unpaired) electrons. The lowest BCUT2D eigenvalue weighted by Crippen LogP contribution is -2.25. The maximum Gasteiger partial charge on any atom is 0.254 e. The van der Waals surface area contributed by atoms with Crippen molar-refractivity contribution in [3.8, 4) is 17.1 Å². The minimum absolute atomic E-state index is 0.623. The molecular formula is C17H21N5O. The van der Waals surface area contributed by atoms with Crippen LogP contribution < -0.4 is 9.64 Å². The average molecular weight is 311 g/mol. The van der Waals surface area contributed by atoms with Gasteiger partial charge in [-0.1, -0.05) is 0 Å². The van der Waals surface area contributed by atoms with Crippen molar-refractivity contribution in [1.29, 1.82) is 0 Å². The monoisotopic (exact) mass is 311 g/mol. The number of hydrogen-bond donors (Lipinski definition) is 0. The van der Waals surface area contributed by atoms with E-state index in [0.717, 1.165) is 35.9 Å². The lowest BCUT2D eigenvalue weighted by molar-refractivity contribution is 0.415. The number of anilines is 1. The summed E-state index contributed by atoms with van der Waals surface area (Å²) in [5.41, 5.74) is 1.88. The molecule has 0 fully saturated rings. The van der Waals surface area contributed by atoms with Gasteiger partial charge in [-0.15, -0.1) is 5.10 Å². The predicted molar refractivity (Wildman–Crippen MR) is 91.1 cm³/mol. The summed E-state index contributed by atoms with van der Waals surface area (Å²) >= 11 is 0. The fraction of sp³-hybridized carbons (Fsp3) is 0.353. The van der Waals surface area contributed by atoms with E-state index in [1.54, 1.807) is 7.11 Å². The summed E-state index contributed by atoms with van der Waals surface area (Å²) in [4.78, 5) is 11.3. The topological polar surface area (TPSA) is 55.5 Å². The van der Waals surface area contributed by atoms with Crippen LogP contribution in [-0.4, -0.2) is 39.8 Å². The molecule has 0 N–H and O–H groups in total. The van der Waals surface area contributed by atoms with E-state index in [-0.39, 0.29) is 0 Å². The van der Waals surface area contributed by atoms with Crippen LogP contribution in [0.25, 0.3) is 17.2 Å². The molecule has 1 aromatic carbocycles. The van der Waals surface area contributed by atoms with Gasteiger partial charge >= 0.3 is 0 Å². The van der Waals surface area contributed by atoms with Gasteiger partial charge in [-0.3, -0.25) is 0 Å². The zero-order valence-corrected chi connectivity index (χ0v) is 13.9. The number of hydrogen-bond acceptors (Lipinski definition) is 5. The summed E-state index contributed by atoms with van der Waals surface area (Å²) < 4.78 is 7.01. The van der Waals surface area contributed by atoms with Gasteiger partial charge in [-0.25, -0.2) is 4.98 Å². The fourth-order valence-corrected chi connectivity index (χ4v) is 2.60. The molecule has 0 aliphatic rings. The van der Waals surface area contributed by atoms with E-state index in [1.807, 2.05) is 41.8 Å². The third-order valence-electron chi connectivity index (χ3n) is 3.86. The molecule has 0 bridgehead atoms. The molecule has 0 saturated heterocycles. The quantitative estimate of drug-likeness (QED) is 0.725. The molecule has 6 nitrogen and oxygen atoms in total. The van der Waals surface area contributed by atoms with Crippen molar-refractivity contribution in [3.05, 3.63) is 36.0 Å². The third kappa shape index (κ3) is 2.84. The number of aryl methyl sites for hydroxylation is 1. The number of aromatic nitrogens is 4. The predicted octanol–water partition coefficient (Wildman–Crippen LogP) is 2.95. The van der Waals surface area contributed by atoms with Crippen LogP contribution in [0.1, 0.15) is 19.5 Å². The van der Waals surface area contributed by atoms with Crippen LogP contribution in [0.5, 0.6) is 5.75 Å². The van der Waals surface area contributed by atoms with Gasteiger partial charge < -0.3 is 9.64 Å². The van der Waals surface area contributed by atoms with E-state index < -0.39 is 0 Å². The number of nitrogens with zero attached hydrogens (tertiary/aromatic N) is 5. The van der Waals surface area contributed by atoms with Crippen molar-refractivity contribution in [2.75, 3.05) is 25.1 Å². The Balaban J connectivity index is 2.11. The molecule has 0 unspecified atom stereocenters. The molecule has 2 aromatic heterocycles. The Morgan fingerprint density at radius 3 is 2.39 bits per heavy atom. The van der Waals surface area contributed by atoms with Crippen molar-refractivity contribution in [2.45, 2.75) is 20.8 Å². The van der Waals surface area contributed by atoms with Crippen molar-refractivity contribution >= 4 is 11.6 Å². The van der Waals surface area contributed by atoms with Gasteiger partial charge in [0.05, 0.1) is 7.11 Å². The van der Waals surface area contributed by atoms with Crippen molar-refractivity contribution in [2.24, 2.45) is 0 Å². The first-order valence-electron chi connectivity index (χ1n) is 7.80. The smallest absolute Gasteiger partial charge is 0.254 e. The number of benzene rings is 1. The molecule has 0 atom stereocenters. The Morgan fingerprint density at radius 2 is 1.78 bits per heavy atom. The number of methoxy groups -OCH3 is 1. The first-order valence-corrected chi connectivity index (χ1v) is 7.80. The molecule has 0 saturated carbocycles. The van der Waals surface area contributed by atoms with E-state index >= 15 is 0 Å². The van der Waals surface area contributed by atoms with E-state index in [9.17, 15) is 0 Å². The maximum atomic E-state index is 5.19. The zero-order valence-electron chi connectivity index (χ0n) is 13.9. The SMILES string of the molecule is CCN(CC)c1cc(C)nc2nc(-c3ccc(OC)cc3)nn12. The minimum atomic E-state index is 0.623. The zero-order chi connectivity index (χ0) is 16.4. The Labute approximate surface area is 135 Å². The Bertz CT molecular complexity index is 806. The molecular weight excluding hydrogens is 290 g/mol. The summed E-state index contributed by atoms with van der Waals surface area (Å²) in [5.74, 6) is 3.12. The Hall–Kier alpha value is -2.63. The summed E-state index contributed by atoms with van der Waals surface area (Å²) in [7, 11) is 1.65. The Morgan fingerprint density at radius 1 is 1.09 bits per heavy atom. The van der Waals surface area contributed by atoms with Crippen LogP contribution in [0, 0.1) is 6.92 Å². The number of ether oxygens (including phenoxy) is 1. The van der Waals surface area contributed by atoms with Gasteiger partial charge in [-0.2, -0.15) is 9.50 Å². The largest absolute Gasteiger partial charge is 0.497 e. The minimum Gasteiger partial charge on any atom is -0.497 e. The van der Waals surface area contributed by atoms with Gasteiger partial charge in [-0.05, 0) is 45.0 Å². The first-order chi connectivity index (χ1) is 11.2. The third-order valence-corrected chi connectivity index (χ3v) is 3.86. The van der Waals surface area contributed by atoms with Crippen molar-refractivity contribution < 1.29 is 4.74 Å². The molecule has 3 rings (SSSR count). The molecule has 0 aliphatic heterocycles. The lowest BCUT2D eigenvalue weighted by atomic mass is 10.2. The van der Waals surface area contributed by atoms with E-state index in [1.165, 1.54) is 0 Å². The van der Waals surface area contributed by atoms with Crippen LogP contribution in [0.2, 0.25) is 0 Å². The molecule has 0 spiro atoms. The van der Waals surface area contributed by atoms with Gasteiger partial charge in [0.1, 0.15) is 11.6 Å². The standard InChI is InChI=1S/C17H21N5O/c1-5-21(6-2)15-11-12(3)18-17-19-16(20-22(15)17)13-7-9-14(23-4)10-8-13/h7-11H,5-6H2,1-4H3. The molecule has 23 heavy (non-hydrogen) atoms. The van der Waals surface area contributed by atoms with Gasteiger partial charge in [0, 0.05) is 30.4 Å². The van der Waals surface area contributed by atoms with Crippen LogP contribution in [0.4, 0.5) is 5.82 Å². The fourth-order valence-electron chi connectivity index (χ4n) is 2.60. The molecule has 3 aromatic rings. The normalized spacial score (nSPS) is 11.0. The average Bonchev–Trinajstić information content (AvgIpc) is 3.00. The summed E-state index contributed by atoms with van der Waals surface area (Å²) in [6.45, 7) is 8.06. The summed E-state index contributed by atoms with van der Waals surface area (Å²) in [6.07, 6.45) is 0. The maximum absolute atomic E-state index is 5.19. The molecule has 0 amide bonds. The number of fused-ring (bicyclic) bond motifs is 1. The second-order valence-electron chi connectivity index (χ2n) is 5.30. The molecule has 6 heteroatoms. The lowest BCUT2D eigenvalue weighted by Gasteiger charge is -2.21. The summed E-state index contributed by atoms with van der Waals surface area (Å²) in [5, 5.41) is 4.66. The van der Waals surface area contributed by atoms with Crippen LogP contribution in [0.3, 0.4) is 0 Å². The highest BCUT2D eigenvalue weighted by Crippen LogP contribution is 2.22. The van der Waals surface area contributed by atoms with Crippen molar-refractivity contribution in [3.63, 3.8) is 0 Å². The second-order valence-corrected chi connectivity index (χ2v) is 5.30. The highest BCUT2D eigenvalue weighted by atomic mass is 16.5.